The Kier molecular flexibility index (Phi) is 3.94. The second kappa shape index (κ2) is 5.89. The highest BCUT2D eigenvalue weighted by Gasteiger charge is 2.29. The number of benzene rings is 2. The van der Waals surface area contributed by atoms with Crippen LogP contribution in [0.15, 0.2) is 42.5 Å². The third-order valence-corrected chi connectivity index (χ3v) is 3.97. The fourth-order valence-corrected chi connectivity index (χ4v) is 2.83. The number of halogens is 1. The number of nitrogens with zero attached hydrogens (tertiary/aromatic N) is 1. The fraction of sp³-hybridized carbons (Fsp3) is 0.235. The van der Waals surface area contributed by atoms with E-state index < -0.39 is 0 Å². The molecule has 2 aromatic carbocycles. The van der Waals surface area contributed by atoms with Crippen molar-refractivity contribution < 1.29 is 9.53 Å². The van der Waals surface area contributed by atoms with Crippen LogP contribution in [-0.4, -0.2) is 19.1 Å². The van der Waals surface area contributed by atoms with Gasteiger partial charge < -0.3 is 15.0 Å². The molecule has 2 aromatic rings. The number of fused-ring (bicyclic) bond motifs is 1. The molecule has 1 N–H and O–H groups in total. The van der Waals surface area contributed by atoms with Crippen molar-refractivity contribution in [1.82, 2.24) is 0 Å². The van der Waals surface area contributed by atoms with Gasteiger partial charge in [0, 0.05) is 11.1 Å². The molecule has 1 atom stereocenters. The van der Waals surface area contributed by atoms with Crippen LogP contribution < -0.4 is 15.0 Å². The highest BCUT2D eigenvalue weighted by atomic mass is 35.5. The Hall–Kier alpha value is -2.20. The lowest BCUT2D eigenvalue weighted by atomic mass is 10.1. The maximum absolute atomic E-state index is 12.5. The molecule has 114 valence electrons. The quantitative estimate of drug-likeness (QED) is 0.939. The predicted octanol–water partition coefficient (Wildman–Crippen LogP) is 3.70. The minimum atomic E-state index is -0.279. The average Bonchev–Trinajstić information content (AvgIpc) is 2.51. The van der Waals surface area contributed by atoms with E-state index in [-0.39, 0.29) is 11.9 Å². The highest BCUT2D eigenvalue weighted by molar-refractivity contribution is 6.30. The Labute approximate surface area is 134 Å². The van der Waals surface area contributed by atoms with Gasteiger partial charge in [-0.25, -0.2) is 0 Å². The van der Waals surface area contributed by atoms with Crippen molar-refractivity contribution >= 4 is 28.9 Å². The molecule has 1 aliphatic heterocycles. The van der Waals surface area contributed by atoms with Gasteiger partial charge in [-0.1, -0.05) is 23.7 Å². The van der Waals surface area contributed by atoms with Crippen LogP contribution in [0.1, 0.15) is 12.5 Å². The number of nitrogens with one attached hydrogen (secondary N) is 1. The van der Waals surface area contributed by atoms with Gasteiger partial charge in [-0.15, -0.1) is 0 Å². The molecule has 1 aliphatic rings. The summed E-state index contributed by atoms with van der Waals surface area (Å²) in [6, 6.07) is 12.9. The molecule has 1 heterocycles. The maximum Gasteiger partial charge on any atom is 0.249 e. The number of methoxy groups -OCH3 is 1. The second-order valence-corrected chi connectivity index (χ2v) is 5.74. The molecule has 1 unspecified atom stereocenters. The molecule has 4 nitrogen and oxygen atoms in total. The SMILES string of the molecule is COc1ccc2c(c1)NC(C)C(=O)N2Cc1cccc(Cl)c1. The first-order valence-corrected chi connectivity index (χ1v) is 7.46. The Morgan fingerprint density at radius 2 is 2.09 bits per heavy atom. The number of amides is 1. The zero-order chi connectivity index (χ0) is 15.7. The van der Waals surface area contributed by atoms with Crippen LogP contribution in [0.3, 0.4) is 0 Å². The van der Waals surface area contributed by atoms with Crippen molar-refractivity contribution in [3.63, 3.8) is 0 Å². The maximum atomic E-state index is 12.5. The van der Waals surface area contributed by atoms with Crippen LogP contribution in [0, 0.1) is 0 Å². The summed E-state index contributed by atoms with van der Waals surface area (Å²) in [7, 11) is 1.63. The van der Waals surface area contributed by atoms with Crippen LogP contribution in [0.2, 0.25) is 5.02 Å². The first-order valence-electron chi connectivity index (χ1n) is 7.09. The Morgan fingerprint density at radius 1 is 1.27 bits per heavy atom. The van der Waals surface area contributed by atoms with Crippen LogP contribution in [0.4, 0.5) is 11.4 Å². The lowest BCUT2D eigenvalue weighted by molar-refractivity contribution is -0.119. The minimum Gasteiger partial charge on any atom is -0.497 e. The van der Waals surface area contributed by atoms with Crippen molar-refractivity contribution in [3.8, 4) is 5.75 Å². The van der Waals surface area contributed by atoms with Crippen LogP contribution in [-0.2, 0) is 11.3 Å². The summed E-state index contributed by atoms with van der Waals surface area (Å²) in [4.78, 5) is 14.3. The monoisotopic (exact) mass is 316 g/mol. The van der Waals surface area contributed by atoms with Crippen molar-refractivity contribution in [2.24, 2.45) is 0 Å². The standard InChI is InChI=1S/C17H17ClN2O2/c1-11-17(21)20(10-12-4-3-5-13(18)8-12)16-7-6-14(22-2)9-15(16)19-11/h3-9,11,19H,10H2,1-2H3. The molecule has 1 amide bonds. The zero-order valence-electron chi connectivity index (χ0n) is 12.5. The molecule has 0 bridgehead atoms. The third kappa shape index (κ3) is 2.74. The van der Waals surface area contributed by atoms with Crippen molar-refractivity contribution in [2.45, 2.75) is 19.5 Å². The Morgan fingerprint density at radius 3 is 2.82 bits per heavy atom. The van der Waals surface area contributed by atoms with E-state index in [1.807, 2.05) is 49.4 Å². The van der Waals surface area contributed by atoms with Crippen LogP contribution in [0.25, 0.3) is 0 Å². The molecule has 0 saturated carbocycles. The van der Waals surface area contributed by atoms with Gasteiger partial charge >= 0.3 is 0 Å². The lowest BCUT2D eigenvalue weighted by Crippen LogP contribution is -2.45. The largest absolute Gasteiger partial charge is 0.497 e. The van der Waals surface area contributed by atoms with Gasteiger partial charge in [0.05, 0.1) is 25.0 Å². The zero-order valence-corrected chi connectivity index (χ0v) is 13.2. The van der Waals surface area contributed by atoms with E-state index in [2.05, 4.69) is 5.32 Å². The molecule has 22 heavy (non-hydrogen) atoms. The molecule has 3 rings (SSSR count). The molecule has 0 fully saturated rings. The van der Waals surface area contributed by atoms with E-state index in [0.717, 1.165) is 22.7 Å². The molecular weight excluding hydrogens is 300 g/mol. The number of anilines is 2. The minimum absolute atomic E-state index is 0.0395. The van der Waals surface area contributed by atoms with Gasteiger partial charge in [0.2, 0.25) is 5.91 Å². The van der Waals surface area contributed by atoms with Gasteiger partial charge in [-0.3, -0.25) is 4.79 Å². The molecule has 0 aliphatic carbocycles. The third-order valence-electron chi connectivity index (χ3n) is 3.73. The Balaban J connectivity index is 1.98. The summed E-state index contributed by atoms with van der Waals surface area (Å²) >= 11 is 6.04. The number of hydrogen-bond donors (Lipinski definition) is 1. The summed E-state index contributed by atoms with van der Waals surface area (Å²) in [5, 5.41) is 3.88. The predicted molar refractivity (Wildman–Crippen MR) is 88.7 cm³/mol. The first-order chi connectivity index (χ1) is 10.6. The van der Waals surface area contributed by atoms with Crippen LogP contribution >= 0.6 is 11.6 Å². The molecule has 0 saturated heterocycles. The number of ether oxygens (including phenoxy) is 1. The van der Waals surface area contributed by atoms with E-state index in [9.17, 15) is 4.79 Å². The van der Waals surface area contributed by atoms with Gasteiger partial charge in [0.1, 0.15) is 11.8 Å². The summed E-state index contributed by atoms with van der Waals surface area (Å²) in [6.45, 7) is 2.35. The lowest BCUT2D eigenvalue weighted by Gasteiger charge is -2.34. The first kappa shape index (κ1) is 14.7. The van der Waals surface area contributed by atoms with Gasteiger partial charge in [0.15, 0.2) is 0 Å². The molecule has 0 aromatic heterocycles. The summed E-state index contributed by atoms with van der Waals surface area (Å²) in [5.41, 5.74) is 2.74. The van der Waals surface area contributed by atoms with Crippen molar-refractivity contribution in [3.05, 3.63) is 53.1 Å². The number of carbonyl (C=O) groups is 1. The van der Waals surface area contributed by atoms with E-state index >= 15 is 0 Å². The Bertz CT molecular complexity index is 718. The average molecular weight is 317 g/mol. The second-order valence-electron chi connectivity index (χ2n) is 5.30. The van der Waals surface area contributed by atoms with E-state index in [1.165, 1.54) is 0 Å². The van der Waals surface area contributed by atoms with Gasteiger partial charge in [-0.2, -0.15) is 0 Å². The summed E-state index contributed by atoms with van der Waals surface area (Å²) < 4.78 is 5.25. The van der Waals surface area contributed by atoms with Gasteiger partial charge in [0.25, 0.3) is 0 Å². The van der Waals surface area contributed by atoms with E-state index in [1.54, 1.807) is 12.0 Å². The van der Waals surface area contributed by atoms with Crippen molar-refractivity contribution in [2.75, 3.05) is 17.3 Å². The highest BCUT2D eigenvalue weighted by Crippen LogP contribution is 2.35. The van der Waals surface area contributed by atoms with E-state index in [4.69, 9.17) is 16.3 Å². The number of carbonyl (C=O) groups excluding carboxylic acids is 1. The fourth-order valence-electron chi connectivity index (χ4n) is 2.62. The van der Waals surface area contributed by atoms with Gasteiger partial charge in [-0.05, 0) is 36.8 Å². The summed E-state index contributed by atoms with van der Waals surface area (Å²) in [5.74, 6) is 0.799. The number of rotatable bonds is 3. The van der Waals surface area contributed by atoms with E-state index in [0.29, 0.717) is 11.6 Å². The number of hydrogen-bond acceptors (Lipinski definition) is 3. The molecule has 0 radical (unpaired) electrons. The molecule has 5 heteroatoms. The van der Waals surface area contributed by atoms with Crippen molar-refractivity contribution in [1.29, 1.82) is 0 Å². The molecule has 0 spiro atoms. The smallest absolute Gasteiger partial charge is 0.249 e. The van der Waals surface area contributed by atoms with Crippen LogP contribution in [0.5, 0.6) is 5.75 Å². The normalized spacial score (nSPS) is 17.0. The summed E-state index contributed by atoms with van der Waals surface area (Å²) in [6.07, 6.45) is 0. The topological polar surface area (TPSA) is 41.6 Å². The molecular formula is C17H17ClN2O2.